The minimum atomic E-state index is 0.342. The Morgan fingerprint density at radius 1 is 1.37 bits per heavy atom. The van der Waals surface area contributed by atoms with Gasteiger partial charge in [0.25, 0.3) is 0 Å². The molecular weight excluding hydrogens is 242 g/mol. The zero-order valence-corrected chi connectivity index (χ0v) is 10.9. The lowest BCUT2D eigenvalue weighted by Crippen LogP contribution is -2.28. The minimum absolute atomic E-state index is 0.342. The number of aromatic nitrogens is 2. The summed E-state index contributed by atoms with van der Waals surface area (Å²) in [5.41, 5.74) is 1.23. The lowest BCUT2D eigenvalue weighted by molar-refractivity contribution is 0.252. The van der Waals surface area contributed by atoms with E-state index < -0.39 is 0 Å². The van der Waals surface area contributed by atoms with Gasteiger partial charge in [0, 0.05) is 31.0 Å². The highest BCUT2D eigenvalue weighted by atomic mass is 16.5. The van der Waals surface area contributed by atoms with E-state index in [2.05, 4.69) is 21.5 Å². The number of nitrogens with one attached hydrogen (secondary N) is 1. The molecule has 1 aromatic carbocycles. The predicted octanol–water partition coefficient (Wildman–Crippen LogP) is 2.03. The van der Waals surface area contributed by atoms with E-state index in [1.165, 1.54) is 5.56 Å². The van der Waals surface area contributed by atoms with Crippen molar-refractivity contribution < 1.29 is 9.26 Å². The molecule has 2 aromatic rings. The van der Waals surface area contributed by atoms with Crippen LogP contribution in [-0.4, -0.2) is 23.3 Å². The van der Waals surface area contributed by atoms with Gasteiger partial charge < -0.3 is 14.6 Å². The Kier molecular flexibility index (Phi) is 3.46. The summed E-state index contributed by atoms with van der Waals surface area (Å²) in [6.07, 6.45) is 1.74. The molecule has 5 heteroatoms. The number of ether oxygens (including phenoxy) is 1. The second-order valence-corrected chi connectivity index (χ2v) is 4.67. The molecule has 3 rings (SSSR count). The van der Waals surface area contributed by atoms with Crippen LogP contribution in [0.3, 0.4) is 0 Å². The lowest BCUT2D eigenvalue weighted by Gasteiger charge is -2.26. The quantitative estimate of drug-likeness (QED) is 0.910. The Morgan fingerprint density at radius 2 is 2.26 bits per heavy atom. The van der Waals surface area contributed by atoms with E-state index in [4.69, 9.17) is 9.26 Å². The average molecular weight is 259 g/mol. The van der Waals surface area contributed by atoms with Gasteiger partial charge in [-0.25, -0.2) is 0 Å². The Balaban J connectivity index is 1.59. The third-order valence-electron chi connectivity index (χ3n) is 3.26. The van der Waals surface area contributed by atoms with E-state index >= 15 is 0 Å². The summed E-state index contributed by atoms with van der Waals surface area (Å²) in [6.45, 7) is 3.41. The number of rotatable bonds is 4. The molecule has 1 unspecified atom stereocenters. The van der Waals surface area contributed by atoms with Crippen molar-refractivity contribution in [3.8, 4) is 5.75 Å². The fourth-order valence-electron chi connectivity index (χ4n) is 2.35. The largest absolute Gasteiger partial charge is 0.493 e. The van der Waals surface area contributed by atoms with Crippen LogP contribution in [0.5, 0.6) is 5.75 Å². The number of hydrogen-bond donors (Lipinski definition) is 1. The normalized spacial score (nSPS) is 17.8. The van der Waals surface area contributed by atoms with Gasteiger partial charge in [-0.3, -0.25) is 0 Å². The summed E-state index contributed by atoms with van der Waals surface area (Å²) in [6, 6.07) is 8.52. The smallest absolute Gasteiger partial charge is 0.227 e. The summed E-state index contributed by atoms with van der Waals surface area (Å²) in [5.74, 6) is 2.36. The van der Waals surface area contributed by atoms with Crippen molar-refractivity contribution >= 4 is 0 Å². The third kappa shape index (κ3) is 2.76. The van der Waals surface area contributed by atoms with Crippen LogP contribution in [0.4, 0.5) is 0 Å². The maximum Gasteiger partial charge on any atom is 0.227 e. The second-order valence-electron chi connectivity index (χ2n) is 4.67. The van der Waals surface area contributed by atoms with Crippen LogP contribution in [0.25, 0.3) is 0 Å². The molecule has 0 aliphatic carbocycles. The minimum Gasteiger partial charge on any atom is -0.493 e. The van der Waals surface area contributed by atoms with Gasteiger partial charge in [0.05, 0.1) is 6.61 Å². The van der Waals surface area contributed by atoms with Crippen molar-refractivity contribution in [2.24, 2.45) is 0 Å². The third-order valence-corrected chi connectivity index (χ3v) is 3.26. The van der Waals surface area contributed by atoms with Crippen LogP contribution in [0.2, 0.25) is 0 Å². The number of para-hydroxylation sites is 1. The number of aryl methyl sites for hydroxylation is 1. The van der Waals surface area contributed by atoms with E-state index in [-0.39, 0.29) is 0 Å². The molecule has 1 aliphatic heterocycles. The van der Waals surface area contributed by atoms with Crippen molar-refractivity contribution in [2.45, 2.75) is 25.8 Å². The SMILES string of the molecule is Cc1noc(CCNC2CCOc3ccccc32)n1. The molecule has 0 spiro atoms. The molecular formula is C14H17N3O2. The first kappa shape index (κ1) is 12.2. The molecule has 19 heavy (non-hydrogen) atoms. The second kappa shape index (κ2) is 5.40. The van der Waals surface area contributed by atoms with Gasteiger partial charge in [-0.15, -0.1) is 0 Å². The zero-order valence-electron chi connectivity index (χ0n) is 10.9. The highest BCUT2D eigenvalue weighted by Gasteiger charge is 2.20. The molecule has 0 saturated heterocycles. The van der Waals surface area contributed by atoms with Gasteiger partial charge in [0.15, 0.2) is 5.82 Å². The number of benzene rings is 1. The molecule has 1 atom stereocenters. The summed E-state index contributed by atoms with van der Waals surface area (Å²) in [7, 11) is 0. The van der Waals surface area contributed by atoms with E-state index in [9.17, 15) is 0 Å². The Hall–Kier alpha value is -1.88. The zero-order chi connectivity index (χ0) is 13.1. The molecule has 1 aromatic heterocycles. The molecule has 0 bridgehead atoms. The molecule has 2 heterocycles. The van der Waals surface area contributed by atoms with Gasteiger partial charge in [-0.1, -0.05) is 23.4 Å². The summed E-state index contributed by atoms with van der Waals surface area (Å²) < 4.78 is 10.7. The van der Waals surface area contributed by atoms with Crippen molar-refractivity contribution in [3.63, 3.8) is 0 Å². The van der Waals surface area contributed by atoms with Gasteiger partial charge in [0.1, 0.15) is 5.75 Å². The van der Waals surface area contributed by atoms with Crippen LogP contribution in [0, 0.1) is 6.92 Å². The fourth-order valence-corrected chi connectivity index (χ4v) is 2.35. The van der Waals surface area contributed by atoms with E-state index in [1.807, 2.05) is 25.1 Å². The summed E-state index contributed by atoms with van der Waals surface area (Å²) in [5, 5.41) is 7.31. The molecule has 1 aliphatic rings. The maximum atomic E-state index is 5.64. The predicted molar refractivity (Wildman–Crippen MR) is 70.0 cm³/mol. The standard InChI is InChI=1S/C14H17N3O2/c1-10-16-14(19-17-10)6-8-15-12-7-9-18-13-5-3-2-4-11(12)13/h2-5,12,15H,6-9H2,1H3. The Morgan fingerprint density at radius 3 is 3.11 bits per heavy atom. The van der Waals surface area contributed by atoms with Gasteiger partial charge in [-0.2, -0.15) is 4.98 Å². The number of nitrogens with zero attached hydrogens (tertiary/aromatic N) is 2. The summed E-state index contributed by atoms with van der Waals surface area (Å²) >= 11 is 0. The fraction of sp³-hybridized carbons (Fsp3) is 0.429. The first-order chi connectivity index (χ1) is 9.33. The average Bonchev–Trinajstić information content (AvgIpc) is 2.85. The first-order valence-corrected chi connectivity index (χ1v) is 6.57. The van der Waals surface area contributed by atoms with Crippen molar-refractivity contribution in [3.05, 3.63) is 41.5 Å². The highest BCUT2D eigenvalue weighted by molar-refractivity contribution is 5.37. The van der Waals surface area contributed by atoms with Crippen molar-refractivity contribution in [2.75, 3.05) is 13.2 Å². The van der Waals surface area contributed by atoms with Crippen LogP contribution >= 0.6 is 0 Å². The first-order valence-electron chi connectivity index (χ1n) is 6.57. The van der Waals surface area contributed by atoms with Gasteiger partial charge in [-0.05, 0) is 13.0 Å². The van der Waals surface area contributed by atoms with Crippen LogP contribution in [0.1, 0.15) is 29.7 Å². The molecule has 0 fully saturated rings. The van der Waals surface area contributed by atoms with Crippen molar-refractivity contribution in [1.29, 1.82) is 0 Å². The number of hydrogen-bond acceptors (Lipinski definition) is 5. The summed E-state index contributed by atoms with van der Waals surface area (Å²) in [4.78, 5) is 4.20. The molecule has 100 valence electrons. The van der Waals surface area contributed by atoms with Crippen molar-refractivity contribution in [1.82, 2.24) is 15.5 Å². The van der Waals surface area contributed by atoms with Gasteiger partial charge >= 0.3 is 0 Å². The van der Waals surface area contributed by atoms with Crippen LogP contribution < -0.4 is 10.1 Å². The topological polar surface area (TPSA) is 60.2 Å². The van der Waals surface area contributed by atoms with E-state index in [0.717, 1.165) is 31.7 Å². The van der Waals surface area contributed by atoms with Gasteiger partial charge in [0.2, 0.25) is 5.89 Å². The van der Waals surface area contributed by atoms with Crippen LogP contribution in [0.15, 0.2) is 28.8 Å². The Bertz CT molecular complexity index is 553. The lowest BCUT2D eigenvalue weighted by atomic mass is 10.0. The molecule has 1 N–H and O–H groups in total. The number of fused-ring (bicyclic) bond motifs is 1. The molecule has 0 saturated carbocycles. The van der Waals surface area contributed by atoms with E-state index in [0.29, 0.717) is 17.8 Å². The van der Waals surface area contributed by atoms with Crippen LogP contribution in [-0.2, 0) is 6.42 Å². The molecule has 5 nitrogen and oxygen atoms in total. The monoisotopic (exact) mass is 259 g/mol. The Labute approximate surface area is 112 Å². The molecule has 0 radical (unpaired) electrons. The highest BCUT2D eigenvalue weighted by Crippen LogP contribution is 2.31. The molecule has 0 amide bonds. The van der Waals surface area contributed by atoms with E-state index in [1.54, 1.807) is 0 Å². The maximum absolute atomic E-state index is 5.64.